The molecule has 3 heterocycles. The van der Waals surface area contributed by atoms with Crippen LogP contribution in [-0.2, 0) is 4.79 Å². The lowest BCUT2D eigenvalue weighted by molar-refractivity contribution is -0.116. The zero-order chi connectivity index (χ0) is 21.7. The highest BCUT2D eigenvalue weighted by Gasteiger charge is 2.36. The molecule has 2 aliphatic rings. The molecule has 0 spiro atoms. The van der Waals surface area contributed by atoms with E-state index in [1.54, 1.807) is 28.8 Å². The maximum absolute atomic E-state index is 13.5. The molecule has 5 rings (SSSR count). The molecular formula is C22H17FN2O6. The van der Waals surface area contributed by atoms with Gasteiger partial charge in [-0.15, -0.1) is 0 Å². The summed E-state index contributed by atoms with van der Waals surface area (Å²) < 4.78 is 31.5. The summed E-state index contributed by atoms with van der Waals surface area (Å²) in [5.74, 6) is -0.975. The number of carboxylic acids is 1. The number of nitrogens with zero attached hydrogens (tertiary/aromatic N) is 1. The molecule has 2 aromatic carbocycles. The number of amides is 1. The molecule has 2 N–H and O–H groups in total. The van der Waals surface area contributed by atoms with Gasteiger partial charge in [0.05, 0.1) is 18.5 Å². The van der Waals surface area contributed by atoms with Crippen LogP contribution in [0.3, 0.4) is 0 Å². The van der Waals surface area contributed by atoms with Gasteiger partial charge in [-0.1, -0.05) is 0 Å². The van der Waals surface area contributed by atoms with Crippen LogP contribution in [0, 0.1) is 5.82 Å². The molecule has 9 heteroatoms. The highest BCUT2D eigenvalue weighted by Crippen LogP contribution is 2.47. The maximum Gasteiger partial charge on any atom is 0.339 e. The molecule has 0 saturated carbocycles. The monoisotopic (exact) mass is 424 g/mol. The number of methoxy groups -OCH3 is 1. The molecule has 1 atom stereocenters. The second kappa shape index (κ2) is 7.05. The Bertz CT molecular complexity index is 1220. The minimum Gasteiger partial charge on any atom is -0.493 e. The Balaban J connectivity index is 1.73. The molecule has 1 amide bonds. The standard InChI is InChI=1S/C22H17FN2O6/c1-29-16-6-11(7-17-21(16)31-10-30-17)14-8-18(26)24-19-15(22(27)28)9-25(20(14)19)13-4-2-12(23)3-5-13/h2-7,9,14H,8,10H2,1H3,(H,24,26)(H,27,28)/t14-/m1/s1. The van der Waals surface area contributed by atoms with Crippen molar-refractivity contribution in [2.24, 2.45) is 0 Å². The number of hydrogen-bond acceptors (Lipinski definition) is 5. The number of aromatic carboxylic acids is 1. The third kappa shape index (κ3) is 3.05. The molecule has 158 valence electrons. The van der Waals surface area contributed by atoms with E-state index >= 15 is 0 Å². The van der Waals surface area contributed by atoms with Crippen LogP contribution in [0.2, 0.25) is 0 Å². The molecule has 1 aromatic heterocycles. The average Bonchev–Trinajstić information content (AvgIpc) is 3.37. The van der Waals surface area contributed by atoms with Gasteiger partial charge in [0.25, 0.3) is 0 Å². The van der Waals surface area contributed by atoms with E-state index in [0.29, 0.717) is 34.2 Å². The lowest BCUT2D eigenvalue weighted by atomic mass is 9.87. The first-order chi connectivity index (χ1) is 15.0. The second-order valence-electron chi connectivity index (χ2n) is 7.22. The van der Waals surface area contributed by atoms with Crippen molar-refractivity contribution < 1.29 is 33.3 Å². The lowest BCUT2D eigenvalue weighted by Crippen LogP contribution is -2.25. The number of rotatable bonds is 4. The Kier molecular flexibility index (Phi) is 4.32. The number of benzene rings is 2. The zero-order valence-corrected chi connectivity index (χ0v) is 16.3. The minimum atomic E-state index is -1.18. The van der Waals surface area contributed by atoms with E-state index in [-0.39, 0.29) is 30.4 Å². The topological polar surface area (TPSA) is 99.0 Å². The number of carbonyl (C=O) groups excluding carboxylic acids is 1. The number of carbonyl (C=O) groups is 2. The number of nitrogens with one attached hydrogen (secondary N) is 1. The van der Waals surface area contributed by atoms with Crippen LogP contribution < -0.4 is 19.5 Å². The molecule has 0 unspecified atom stereocenters. The smallest absolute Gasteiger partial charge is 0.339 e. The third-order valence-electron chi connectivity index (χ3n) is 5.45. The number of hydrogen-bond donors (Lipinski definition) is 2. The fourth-order valence-electron chi connectivity index (χ4n) is 4.07. The highest BCUT2D eigenvalue weighted by atomic mass is 19.1. The van der Waals surface area contributed by atoms with Crippen molar-refractivity contribution in [3.8, 4) is 22.9 Å². The first-order valence-corrected chi connectivity index (χ1v) is 9.48. The Morgan fingerprint density at radius 1 is 1.26 bits per heavy atom. The molecule has 0 bridgehead atoms. The molecule has 0 aliphatic carbocycles. The molecule has 0 fully saturated rings. The predicted octanol–water partition coefficient (Wildman–Crippen LogP) is 3.53. The Labute approximate surface area is 175 Å². The molecule has 3 aromatic rings. The number of aromatic nitrogens is 1. The third-order valence-corrected chi connectivity index (χ3v) is 5.45. The predicted molar refractivity (Wildman–Crippen MR) is 107 cm³/mol. The minimum absolute atomic E-state index is 0.0508. The van der Waals surface area contributed by atoms with Gasteiger partial charge in [0, 0.05) is 24.2 Å². The average molecular weight is 424 g/mol. The van der Waals surface area contributed by atoms with E-state index in [0.717, 1.165) is 0 Å². The Morgan fingerprint density at radius 2 is 2.03 bits per heavy atom. The van der Waals surface area contributed by atoms with Crippen LogP contribution in [0.4, 0.5) is 10.1 Å². The van der Waals surface area contributed by atoms with Gasteiger partial charge in [-0.2, -0.15) is 0 Å². The summed E-state index contributed by atoms with van der Waals surface area (Å²) in [6.07, 6.45) is 1.52. The molecule has 2 aliphatic heterocycles. The van der Waals surface area contributed by atoms with Crippen LogP contribution in [-0.4, -0.2) is 35.5 Å². The van der Waals surface area contributed by atoms with E-state index in [1.807, 2.05) is 0 Å². The SMILES string of the molecule is COc1cc([C@H]2CC(=O)Nc3c(C(=O)O)cn(-c4ccc(F)cc4)c32)cc2c1OCO2. The van der Waals surface area contributed by atoms with Crippen molar-refractivity contribution in [2.75, 3.05) is 19.2 Å². The van der Waals surface area contributed by atoms with Gasteiger partial charge in [0.2, 0.25) is 18.4 Å². The largest absolute Gasteiger partial charge is 0.493 e. The van der Waals surface area contributed by atoms with Gasteiger partial charge >= 0.3 is 5.97 Å². The van der Waals surface area contributed by atoms with Crippen molar-refractivity contribution in [1.29, 1.82) is 0 Å². The molecule has 0 radical (unpaired) electrons. The summed E-state index contributed by atoms with van der Waals surface area (Å²) in [6, 6.07) is 9.21. The quantitative estimate of drug-likeness (QED) is 0.665. The van der Waals surface area contributed by atoms with Crippen LogP contribution in [0.5, 0.6) is 17.2 Å². The van der Waals surface area contributed by atoms with Crippen molar-refractivity contribution in [3.05, 3.63) is 65.2 Å². The van der Waals surface area contributed by atoms with E-state index in [1.165, 1.54) is 25.4 Å². The number of halogens is 1. The zero-order valence-electron chi connectivity index (χ0n) is 16.3. The van der Waals surface area contributed by atoms with Gasteiger partial charge in [0.15, 0.2) is 11.5 Å². The van der Waals surface area contributed by atoms with Gasteiger partial charge in [-0.05, 0) is 42.0 Å². The fraction of sp³-hybridized carbons (Fsp3) is 0.182. The first kappa shape index (κ1) is 19.0. The molecular weight excluding hydrogens is 407 g/mol. The number of ether oxygens (including phenoxy) is 3. The summed E-state index contributed by atoms with van der Waals surface area (Å²) in [7, 11) is 1.50. The summed E-state index contributed by atoms with van der Waals surface area (Å²) >= 11 is 0. The van der Waals surface area contributed by atoms with Crippen molar-refractivity contribution in [1.82, 2.24) is 4.57 Å². The highest BCUT2D eigenvalue weighted by molar-refractivity contribution is 6.04. The molecule has 8 nitrogen and oxygen atoms in total. The van der Waals surface area contributed by atoms with E-state index < -0.39 is 17.7 Å². The number of carboxylic acid groups (broad SMARTS) is 1. The maximum atomic E-state index is 13.5. The molecule has 31 heavy (non-hydrogen) atoms. The number of anilines is 1. The Hall–Kier alpha value is -4.01. The lowest BCUT2D eigenvalue weighted by Gasteiger charge is -2.26. The fourth-order valence-corrected chi connectivity index (χ4v) is 4.07. The summed E-state index contributed by atoms with van der Waals surface area (Å²) in [4.78, 5) is 24.4. The summed E-state index contributed by atoms with van der Waals surface area (Å²) in [5, 5.41) is 12.4. The summed E-state index contributed by atoms with van der Waals surface area (Å²) in [5.41, 5.74) is 2.01. The van der Waals surface area contributed by atoms with Crippen molar-refractivity contribution in [3.63, 3.8) is 0 Å². The van der Waals surface area contributed by atoms with Crippen LogP contribution in [0.15, 0.2) is 42.6 Å². The second-order valence-corrected chi connectivity index (χ2v) is 7.22. The number of fused-ring (bicyclic) bond motifs is 2. The van der Waals surface area contributed by atoms with Crippen LogP contribution in [0.25, 0.3) is 5.69 Å². The van der Waals surface area contributed by atoms with Gasteiger partial charge in [0.1, 0.15) is 11.4 Å². The van der Waals surface area contributed by atoms with Crippen molar-refractivity contribution in [2.45, 2.75) is 12.3 Å². The summed E-state index contributed by atoms with van der Waals surface area (Å²) in [6.45, 7) is 0.0562. The van der Waals surface area contributed by atoms with Gasteiger partial charge < -0.3 is 29.2 Å². The van der Waals surface area contributed by atoms with E-state index in [4.69, 9.17) is 14.2 Å². The first-order valence-electron chi connectivity index (χ1n) is 9.48. The normalized spacial score (nSPS) is 16.6. The van der Waals surface area contributed by atoms with Crippen LogP contribution >= 0.6 is 0 Å². The van der Waals surface area contributed by atoms with Crippen LogP contribution in [0.1, 0.15) is 34.0 Å². The Morgan fingerprint density at radius 3 is 2.74 bits per heavy atom. The molecule has 0 saturated heterocycles. The van der Waals surface area contributed by atoms with Crippen molar-refractivity contribution >= 4 is 17.6 Å². The van der Waals surface area contributed by atoms with E-state index in [9.17, 15) is 19.1 Å². The van der Waals surface area contributed by atoms with E-state index in [2.05, 4.69) is 5.32 Å². The van der Waals surface area contributed by atoms with Gasteiger partial charge in [-0.25, -0.2) is 9.18 Å². The van der Waals surface area contributed by atoms with Gasteiger partial charge in [-0.3, -0.25) is 4.79 Å².